The third-order valence-electron chi connectivity index (χ3n) is 9.03. The van der Waals surface area contributed by atoms with Crippen LogP contribution in [0.25, 0.3) is 0 Å². The van der Waals surface area contributed by atoms with Gasteiger partial charge in [0.15, 0.2) is 0 Å². The Morgan fingerprint density at radius 1 is 1.08 bits per heavy atom. The minimum Gasteiger partial charge on any atom is -0.465 e. The van der Waals surface area contributed by atoms with Crippen molar-refractivity contribution in [1.82, 2.24) is 9.80 Å². The molecule has 4 aliphatic rings. The highest BCUT2D eigenvalue weighted by molar-refractivity contribution is 8.02. The maximum absolute atomic E-state index is 14.5. The first-order valence-corrected chi connectivity index (χ1v) is 15.7. The van der Waals surface area contributed by atoms with Gasteiger partial charge in [-0.1, -0.05) is 31.4 Å². The summed E-state index contributed by atoms with van der Waals surface area (Å²) in [6, 6.07) is -0.382. The van der Waals surface area contributed by atoms with Crippen LogP contribution in [0.2, 0.25) is 0 Å². The Balaban J connectivity index is 1.59. The van der Waals surface area contributed by atoms with Gasteiger partial charge in [0, 0.05) is 31.0 Å². The van der Waals surface area contributed by atoms with E-state index < -0.39 is 22.6 Å². The van der Waals surface area contributed by atoms with Crippen molar-refractivity contribution in [3.8, 4) is 0 Å². The highest BCUT2D eigenvalue weighted by Crippen LogP contribution is 2.66. The van der Waals surface area contributed by atoms with Gasteiger partial charge in [-0.3, -0.25) is 14.4 Å². The number of rotatable bonds is 15. The number of amides is 2. The minimum absolute atomic E-state index is 0.0269. The first kappa shape index (κ1) is 29.2. The molecule has 0 aromatic rings. The largest absolute Gasteiger partial charge is 0.465 e. The van der Waals surface area contributed by atoms with Gasteiger partial charge in [0.2, 0.25) is 11.8 Å². The average Bonchev–Trinajstić information content (AvgIpc) is 3.57. The van der Waals surface area contributed by atoms with Gasteiger partial charge < -0.3 is 19.6 Å². The SMILES string of the molecule is C=CCCCCOC(=O)[C@@H]1[C@@H]2CCC3(S2)C(C(=O)N(CC=C)C2CCCCC2)N(CCCCCO)C(=O)[C@H]13. The fraction of sp³-hybridized carbons (Fsp3) is 0.767. The lowest BCUT2D eigenvalue weighted by molar-refractivity contribution is -0.154. The molecule has 2 unspecified atom stereocenters. The van der Waals surface area contributed by atoms with E-state index in [9.17, 15) is 19.5 Å². The molecule has 8 heteroatoms. The highest BCUT2D eigenvalue weighted by atomic mass is 32.2. The Bertz CT molecular complexity index is 875. The standard InChI is InChI=1S/C30H46N2O5S/c1-3-5-6-13-21-37-29(36)24-23-16-17-30(38-23)25(24)27(34)32(19-11-8-12-20-33)26(30)28(35)31(18-4-2)22-14-9-7-10-15-22/h3-4,22-26,33H,1-2,5-21H2/t23-,24+,25-,26?,30?/m0/s1. The normalized spacial score (nSPS) is 30.3. The number of aliphatic hydroxyl groups is 1. The molecular weight excluding hydrogens is 500 g/mol. The molecule has 1 spiro atoms. The summed E-state index contributed by atoms with van der Waals surface area (Å²) in [5.41, 5.74) is 0. The first-order chi connectivity index (χ1) is 18.5. The predicted molar refractivity (Wildman–Crippen MR) is 151 cm³/mol. The zero-order valence-corrected chi connectivity index (χ0v) is 23.7. The van der Waals surface area contributed by atoms with E-state index in [1.165, 1.54) is 6.42 Å². The molecule has 4 rings (SSSR count). The molecule has 0 aromatic carbocycles. The Morgan fingerprint density at radius 2 is 1.87 bits per heavy atom. The number of fused-ring (bicyclic) bond motifs is 1. The number of aliphatic hydroxyl groups excluding tert-OH is 1. The van der Waals surface area contributed by atoms with Crippen LogP contribution in [0.4, 0.5) is 0 Å². The van der Waals surface area contributed by atoms with E-state index in [1.807, 2.05) is 15.9 Å². The number of thioether (sulfide) groups is 1. The van der Waals surface area contributed by atoms with Crippen molar-refractivity contribution in [2.24, 2.45) is 11.8 Å². The van der Waals surface area contributed by atoms with Crippen LogP contribution in [0.15, 0.2) is 25.3 Å². The second-order valence-electron chi connectivity index (χ2n) is 11.4. The molecule has 2 amide bonds. The maximum atomic E-state index is 14.5. The summed E-state index contributed by atoms with van der Waals surface area (Å²) in [7, 11) is 0. The number of unbranched alkanes of at least 4 members (excludes halogenated alkanes) is 4. The van der Waals surface area contributed by atoms with Gasteiger partial charge in [0.05, 0.1) is 23.2 Å². The third-order valence-corrected chi connectivity index (χ3v) is 11.0. The minimum atomic E-state index is -0.573. The van der Waals surface area contributed by atoms with Gasteiger partial charge in [0.1, 0.15) is 6.04 Å². The topological polar surface area (TPSA) is 87.2 Å². The summed E-state index contributed by atoms with van der Waals surface area (Å²) >= 11 is 1.71. The van der Waals surface area contributed by atoms with Gasteiger partial charge in [-0.05, 0) is 64.2 Å². The number of likely N-dealkylation sites (tertiary alicyclic amines) is 1. The number of hydrogen-bond acceptors (Lipinski definition) is 6. The first-order valence-electron chi connectivity index (χ1n) is 14.8. The molecule has 3 heterocycles. The quantitative estimate of drug-likeness (QED) is 0.185. The number of carbonyl (C=O) groups is 3. The fourth-order valence-corrected chi connectivity index (χ4v) is 9.48. The lowest BCUT2D eigenvalue weighted by Crippen LogP contribution is -2.57. The van der Waals surface area contributed by atoms with Gasteiger partial charge in [0.25, 0.3) is 0 Å². The maximum Gasteiger partial charge on any atom is 0.310 e. The van der Waals surface area contributed by atoms with Gasteiger partial charge in [-0.15, -0.1) is 24.9 Å². The fourth-order valence-electron chi connectivity index (χ4n) is 7.28. The van der Waals surface area contributed by atoms with Crippen LogP contribution in [-0.4, -0.2) is 81.1 Å². The molecule has 1 aliphatic carbocycles. The summed E-state index contributed by atoms with van der Waals surface area (Å²) in [5, 5.41) is 9.27. The third kappa shape index (κ3) is 5.72. The van der Waals surface area contributed by atoms with E-state index >= 15 is 0 Å². The molecule has 7 nitrogen and oxygen atoms in total. The highest BCUT2D eigenvalue weighted by Gasteiger charge is 2.74. The summed E-state index contributed by atoms with van der Waals surface area (Å²) in [6.45, 7) is 9.11. The lowest BCUT2D eigenvalue weighted by atomic mass is 9.71. The summed E-state index contributed by atoms with van der Waals surface area (Å²) < 4.78 is 5.14. The van der Waals surface area contributed by atoms with Crippen LogP contribution < -0.4 is 0 Å². The van der Waals surface area contributed by atoms with Crippen molar-refractivity contribution in [1.29, 1.82) is 0 Å². The zero-order chi connectivity index (χ0) is 27.1. The number of hydrogen-bond donors (Lipinski definition) is 1. The summed E-state index contributed by atoms with van der Waals surface area (Å²) in [4.78, 5) is 45.7. The van der Waals surface area contributed by atoms with Gasteiger partial charge >= 0.3 is 5.97 Å². The van der Waals surface area contributed by atoms with Gasteiger partial charge in [-0.25, -0.2) is 0 Å². The van der Waals surface area contributed by atoms with Crippen molar-refractivity contribution >= 4 is 29.5 Å². The van der Waals surface area contributed by atoms with E-state index in [0.29, 0.717) is 26.1 Å². The van der Waals surface area contributed by atoms with Crippen molar-refractivity contribution in [3.05, 3.63) is 25.3 Å². The van der Waals surface area contributed by atoms with Crippen LogP contribution in [0.3, 0.4) is 0 Å². The lowest BCUT2D eigenvalue weighted by Gasteiger charge is -2.41. The molecule has 4 fully saturated rings. The summed E-state index contributed by atoms with van der Waals surface area (Å²) in [6.07, 6.45) is 15.5. The number of esters is 1. The number of nitrogens with zero attached hydrogens (tertiary/aromatic N) is 2. The van der Waals surface area contributed by atoms with Crippen LogP contribution >= 0.6 is 11.8 Å². The van der Waals surface area contributed by atoms with E-state index in [-0.39, 0.29) is 35.7 Å². The van der Waals surface area contributed by atoms with E-state index in [4.69, 9.17) is 4.74 Å². The monoisotopic (exact) mass is 546 g/mol. The van der Waals surface area contributed by atoms with E-state index in [1.54, 1.807) is 17.8 Å². The Kier molecular flexibility index (Phi) is 10.4. The second-order valence-corrected chi connectivity index (χ2v) is 13.0. The number of allylic oxidation sites excluding steroid dienone is 1. The molecule has 3 saturated heterocycles. The Hall–Kier alpha value is -1.80. The molecule has 0 aromatic heterocycles. The molecule has 2 bridgehead atoms. The number of carbonyl (C=O) groups excluding carboxylic acids is 3. The predicted octanol–water partition coefficient (Wildman–Crippen LogP) is 4.49. The van der Waals surface area contributed by atoms with Crippen molar-refractivity contribution in [3.63, 3.8) is 0 Å². The zero-order valence-electron chi connectivity index (χ0n) is 22.9. The molecule has 212 valence electrons. The smallest absolute Gasteiger partial charge is 0.310 e. The van der Waals surface area contributed by atoms with Crippen LogP contribution in [0, 0.1) is 11.8 Å². The van der Waals surface area contributed by atoms with E-state index in [2.05, 4.69) is 13.2 Å². The molecule has 38 heavy (non-hydrogen) atoms. The van der Waals surface area contributed by atoms with Crippen LogP contribution in [0.1, 0.15) is 83.5 Å². The van der Waals surface area contributed by atoms with Gasteiger partial charge in [-0.2, -0.15) is 0 Å². The van der Waals surface area contributed by atoms with Crippen LogP contribution in [-0.2, 0) is 19.1 Å². The molecule has 1 saturated carbocycles. The molecule has 5 atom stereocenters. The number of ether oxygens (including phenoxy) is 1. The second kappa shape index (κ2) is 13.5. The van der Waals surface area contributed by atoms with E-state index in [0.717, 1.165) is 70.6 Å². The molecule has 3 aliphatic heterocycles. The molecule has 0 radical (unpaired) electrons. The van der Waals surface area contributed by atoms with Crippen LogP contribution in [0.5, 0.6) is 0 Å². The van der Waals surface area contributed by atoms with Crippen molar-refractivity contribution in [2.45, 2.75) is 106 Å². The molecule has 1 N–H and O–H groups in total. The van der Waals surface area contributed by atoms with Crippen molar-refractivity contribution < 1.29 is 24.2 Å². The van der Waals surface area contributed by atoms with Crippen molar-refractivity contribution in [2.75, 3.05) is 26.3 Å². The average molecular weight is 547 g/mol. The summed E-state index contributed by atoms with van der Waals surface area (Å²) in [5.74, 6) is -1.29. The molecular formula is C30H46N2O5S. The Morgan fingerprint density at radius 3 is 2.58 bits per heavy atom. The Labute approximate surface area is 232 Å².